The molecule has 0 saturated carbocycles. The summed E-state index contributed by atoms with van der Waals surface area (Å²) in [5, 5.41) is 24.7. The van der Waals surface area contributed by atoms with Crippen molar-refractivity contribution < 1.29 is 29.3 Å². The van der Waals surface area contributed by atoms with E-state index in [1.165, 1.54) is 76.0 Å². The van der Waals surface area contributed by atoms with Crippen molar-refractivity contribution in [2.45, 2.75) is 177 Å². The van der Waals surface area contributed by atoms with Crippen molar-refractivity contribution in [1.29, 1.82) is 0 Å². The van der Waals surface area contributed by atoms with Crippen LogP contribution in [0.1, 0.15) is 130 Å². The number of ether oxygens (including phenoxy) is 2. The van der Waals surface area contributed by atoms with Crippen LogP contribution in [0.3, 0.4) is 0 Å². The van der Waals surface area contributed by atoms with Crippen LogP contribution in [0, 0.1) is 5.92 Å². The molecule has 2 aliphatic rings. The Morgan fingerprint density at radius 2 is 1.52 bits per heavy atom. The highest BCUT2D eigenvalue weighted by atomic mass is 35.5. The Morgan fingerprint density at radius 1 is 0.955 bits per heavy atom. The fourth-order valence-corrected chi connectivity index (χ4v) is 7.62. The number of thioether (sulfide) groups is 1. The molecule has 0 aromatic heterocycles. The van der Waals surface area contributed by atoms with E-state index in [9.17, 15) is 19.8 Å². The number of carbonyl (C=O) groups excluding carboxylic acids is 2. The minimum absolute atomic E-state index is 0.151. The molecule has 2 fully saturated rings. The Labute approximate surface area is 277 Å². The molecule has 0 radical (unpaired) electrons. The molecule has 258 valence electrons. The summed E-state index contributed by atoms with van der Waals surface area (Å²) in [6.07, 6.45) is 16.2. The van der Waals surface area contributed by atoms with E-state index >= 15 is 0 Å². The molecule has 2 saturated heterocycles. The number of aliphatic hydroxyl groups is 2. The van der Waals surface area contributed by atoms with Gasteiger partial charge in [0.1, 0.15) is 23.7 Å². The normalized spacial score (nSPS) is 29.0. The number of unbranched alkanes of at least 4 members (excludes halogenated alkanes) is 12. The molecule has 0 aliphatic carbocycles. The number of carbonyl (C=O) groups is 2. The topological polar surface area (TPSA) is 108 Å². The van der Waals surface area contributed by atoms with Gasteiger partial charge in [0.05, 0.1) is 17.5 Å². The van der Waals surface area contributed by atoms with Crippen molar-refractivity contribution in [2.24, 2.45) is 5.92 Å². The minimum atomic E-state index is -1.34. The number of esters is 1. The molecule has 0 spiro atoms. The van der Waals surface area contributed by atoms with E-state index in [0.717, 1.165) is 38.6 Å². The zero-order valence-corrected chi connectivity index (χ0v) is 29.8. The largest absolute Gasteiger partial charge is 0.457 e. The number of aliphatic hydroxyl groups excluding tert-OH is 2. The number of hydrogen-bond acceptors (Lipinski definition) is 8. The van der Waals surface area contributed by atoms with Crippen molar-refractivity contribution in [1.82, 2.24) is 10.2 Å². The molecule has 1 unspecified atom stereocenters. The molecule has 0 bridgehead atoms. The standard InChI is InChI=1S/C34H63ClN2O6S/c1-6-8-9-10-11-12-13-14-15-16-17-18-19-21-27(38)42-32-29(39)31(43-34(44-5)30(32)40)28(24(3)35)36-33(41)26-22-25(20-7-2)23-37(26)4/h24-26,28-32,34,39-40H,6-23H2,1-5H3,(H,36,41)/t24-,25+,26-,28+,29-,30+,31+,32?,34+/m0/s1. The van der Waals surface area contributed by atoms with Gasteiger partial charge in [0.2, 0.25) is 5.91 Å². The lowest BCUT2D eigenvalue weighted by molar-refractivity contribution is -0.220. The van der Waals surface area contributed by atoms with E-state index in [1.807, 2.05) is 7.05 Å². The summed E-state index contributed by atoms with van der Waals surface area (Å²) in [4.78, 5) is 28.2. The first-order valence-electron chi connectivity index (χ1n) is 17.5. The third-order valence-electron chi connectivity index (χ3n) is 9.36. The number of likely N-dealkylation sites (N-methyl/N-ethyl adjacent to an activating group) is 1. The van der Waals surface area contributed by atoms with E-state index in [1.54, 1.807) is 13.2 Å². The van der Waals surface area contributed by atoms with Gasteiger partial charge in [0, 0.05) is 13.0 Å². The predicted molar refractivity (Wildman–Crippen MR) is 181 cm³/mol. The number of nitrogens with zero attached hydrogens (tertiary/aromatic N) is 1. The summed E-state index contributed by atoms with van der Waals surface area (Å²) in [5.74, 6) is -0.119. The van der Waals surface area contributed by atoms with Crippen LogP contribution in [-0.4, -0.2) is 94.2 Å². The number of rotatable bonds is 22. The second kappa shape index (κ2) is 22.1. The van der Waals surface area contributed by atoms with Crippen LogP contribution in [0.5, 0.6) is 0 Å². The van der Waals surface area contributed by atoms with Gasteiger partial charge in [-0.2, -0.15) is 0 Å². The van der Waals surface area contributed by atoms with Crippen molar-refractivity contribution in [2.75, 3.05) is 19.8 Å². The van der Waals surface area contributed by atoms with Crippen LogP contribution in [0.4, 0.5) is 0 Å². The summed E-state index contributed by atoms with van der Waals surface area (Å²) in [6, 6.07) is -1.01. The first-order chi connectivity index (χ1) is 21.1. The zero-order valence-electron chi connectivity index (χ0n) is 28.2. The summed E-state index contributed by atoms with van der Waals surface area (Å²) < 4.78 is 11.8. The molecule has 2 heterocycles. The smallest absolute Gasteiger partial charge is 0.306 e. The third kappa shape index (κ3) is 13.3. The number of halogens is 1. The molecular formula is C34H63ClN2O6S. The molecule has 1 amide bonds. The summed E-state index contributed by atoms with van der Waals surface area (Å²) in [6.45, 7) is 7.02. The van der Waals surface area contributed by atoms with Crippen LogP contribution in [0.25, 0.3) is 0 Å². The molecule has 2 aliphatic heterocycles. The lowest BCUT2D eigenvalue weighted by Crippen LogP contribution is -2.65. The molecule has 8 nitrogen and oxygen atoms in total. The van der Waals surface area contributed by atoms with Gasteiger partial charge in [-0.25, -0.2) is 0 Å². The molecule has 10 heteroatoms. The number of likely N-dealkylation sites (tertiary alicyclic amines) is 1. The van der Waals surface area contributed by atoms with E-state index in [-0.39, 0.29) is 18.4 Å². The predicted octanol–water partition coefficient (Wildman–Crippen LogP) is 6.42. The SMILES string of the molecule is CCCCCCCCCCCCCCCC(=O)OC1[C@@H](O)[C@@H]([C@H](NC(=O)[C@@H]2C[C@@H](CCC)CN2C)[C@H](C)Cl)O[C@H](SC)[C@@H]1O. The van der Waals surface area contributed by atoms with Crippen molar-refractivity contribution in [3.63, 3.8) is 0 Å². The first-order valence-corrected chi connectivity index (χ1v) is 19.2. The summed E-state index contributed by atoms with van der Waals surface area (Å²) in [7, 11) is 1.96. The van der Waals surface area contributed by atoms with E-state index in [4.69, 9.17) is 21.1 Å². The fourth-order valence-electron chi connectivity index (χ4n) is 6.74. The van der Waals surface area contributed by atoms with E-state index in [2.05, 4.69) is 24.1 Å². The van der Waals surface area contributed by atoms with Gasteiger partial charge >= 0.3 is 5.97 Å². The highest BCUT2D eigenvalue weighted by Gasteiger charge is 2.50. The fraction of sp³-hybridized carbons (Fsp3) is 0.941. The van der Waals surface area contributed by atoms with Gasteiger partial charge < -0.3 is 25.0 Å². The van der Waals surface area contributed by atoms with Crippen LogP contribution in [-0.2, 0) is 19.1 Å². The Bertz CT molecular complexity index is 808. The Morgan fingerprint density at radius 3 is 2.05 bits per heavy atom. The lowest BCUT2D eigenvalue weighted by Gasteiger charge is -2.45. The quantitative estimate of drug-likeness (QED) is 0.0693. The van der Waals surface area contributed by atoms with Crippen LogP contribution in [0.15, 0.2) is 0 Å². The molecule has 9 atom stereocenters. The van der Waals surface area contributed by atoms with Crippen molar-refractivity contribution in [3.8, 4) is 0 Å². The van der Waals surface area contributed by atoms with Gasteiger partial charge in [0.15, 0.2) is 6.10 Å². The Kier molecular flexibility index (Phi) is 19.9. The molecular weight excluding hydrogens is 600 g/mol. The van der Waals surface area contributed by atoms with Crippen molar-refractivity contribution in [3.05, 3.63) is 0 Å². The monoisotopic (exact) mass is 662 g/mol. The molecule has 3 N–H and O–H groups in total. The van der Waals surface area contributed by atoms with Gasteiger partial charge in [-0.15, -0.1) is 23.4 Å². The van der Waals surface area contributed by atoms with Gasteiger partial charge in [-0.1, -0.05) is 97.3 Å². The first kappa shape index (κ1) is 39.6. The molecule has 44 heavy (non-hydrogen) atoms. The second-order valence-corrected chi connectivity index (χ2v) is 14.8. The van der Waals surface area contributed by atoms with Gasteiger partial charge in [-0.3, -0.25) is 14.5 Å². The van der Waals surface area contributed by atoms with Crippen molar-refractivity contribution >= 4 is 35.2 Å². The van der Waals surface area contributed by atoms with Gasteiger partial charge in [0.25, 0.3) is 0 Å². The molecule has 2 rings (SSSR count). The van der Waals surface area contributed by atoms with Crippen LogP contribution in [0.2, 0.25) is 0 Å². The summed E-state index contributed by atoms with van der Waals surface area (Å²) >= 11 is 7.83. The maximum absolute atomic E-state index is 13.4. The highest BCUT2D eigenvalue weighted by molar-refractivity contribution is 7.99. The number of hydrogen-bond donors (Lipinski definition) is 3. The van der Waals surface area contributed by atoms with Crippen LogP contribution < -0.4 is 5.32 Å². The maximum Gasteiger partial charge on any atom is 0.306 e. The van der Waals surface area contributed by atoms with E-state index in [0.29, 0.717) is 12.3 Å². The molecule has 0 aromatic rings. The second-order valence-electron chi connectivity index (χ2n) is 13.2. The maximum atomic E-state index is 13.4. The average molecular weight is 663 g/mol. The zero-order chi connectivity index (χ0) is 32.5. The summed E-state index contributed by atoms with van der Waals surface area (Å²) in [5.41, 5.74) is -0.740. The minimum Gasteiger partial charge on any atom is -0.457 e. The van der Waals surface area contributed by atoms with Crippen LogP contribution >= 0.6 is 23.4 Å². The molecule has 0 aromatic carbocycles. The number of amides is 1. The Balaban J connectivity index is 1.82. The van der Waals surface area contributed by atoms with E-state index < -0.39 is 47.2 Å². The third-order valence-corrected chi connectivity index (χ3v) is 10.5. The Hall–Kier alpha value is -0.580. The van der Waals surface area contributed by atoms with Gasteiger partial charge in [-0.05, 0) is 45.4 Å². The number of nitrogens with one attached hydrogen (secondary N) is 1. The lowest BCUT2D eigenvalue weighted by atomic mass is 9.92. The number of alkyl halides is 1. The average Bonchev–Trinajstić information content (AvgIpc) is 3.36. The highest BCUT2D eigenvalue weighted by Crippen LogP contribution is 2.33.